The predicted molar refractivity (Wildman–Crippen MR) is 69.4 cm³/mol. The molecule has 1 rings (SSSR count). The highest BCUT2D eigenvalue weighted by atomic mass is 16.5. The molecule has 0 bridgehead atoms. The first-order chi connectivity index (χ1) is 8.50. The van der Waals surface area contributed by atoms with Gasteiger partial charge in [-0.15, -0.1) is 5.10 Å². The number of aromatic nitrogens is 3. The SMILES string of the molecule is CC(C)C(=O)CCOCCc1cn(C(C)C)nn1. The van der Waals surface area contributed by atoms with Crippen molar-refractivity contribution in [3.8, 4) is 0 Å². The summed E-state index contributed by atoms with van der Waals surface area (Å²) < 4.78 is 7.26. The molecule has 0 aliphatic rings. The minimum absolute atomic E-state index is 0.0968. The van der Waals surface area contributed by atoms with Crippen LogP contribution in [0.2, 0.25) is 0 Å². The first-order valence-corrected chi connectivity index (χ1v) is 6.52. The number of rotatable bonds is 8. The highest BCUT2D eigenvalue weighted by Gasteiger charge is 2.07. The highest BCUT2D eigenvalue weighted by molar-refractivity contribution is 5.80. The molecule has 1 aromatic rings. The topological polar surface area (TPSA) is 57.0 Å². The number of hydrogen-bond donors (Lipinski definition) is 0. The fourth-order valence-corrected chi connectivity index (χ4v) is 1.42. The van der Waals surface area contributed by atoms with Crippen molar-refractivity contribution in [3.05, 3.63) is 11.9 Å². The molecular weight excluding hydrogens is 230 g/mol. The Morgan fingerprint density at radius 3 is 2.61 bits per heavy atom. The Balaban J connectivity index is 2.16. The number of nitrogens with zero attached hydrogens (tertiary/aromatic N) is 3. The molecule has 18 heavy (non-hydrogen) atoms. The molecule has 1 heterocycles. The van der Waals surface area contributed by atoms with Crippen molar-refractivity contribution in [3.63, 3.8) is 0 Å². The van der Waals surface area contributed by atoms with Gasteiger partial charge in [0.15, 0.2) is 0 Å². The van der Waals surface area contributed by atoms with Crippen LogP contribution in [0.4, 0.5) is 0 Å². The summed E-state index contributed by atoms with van der Waals surface area (Å²) >= 11 is 0. The number of hydrogen-bond acceptors (Lipinski definition) is 4. The Morgan fingerprint density at radius 2 is 2.06 bits per heavy atom. The summed E-state index contributed by atoms with van der Waals surface area (Å²) in [6.07, 6.45) is 3.17. The maximum Gasteiger partial charge on any atom is 0.137 e. The lowest BCUT2D eigenvalue weighted by molar-refractivity contribution is -0.122. The number of ketones is 1. The zero-order chi connectivity index (χ0) is 13.5. The summed E-state index contributed by atoms with van der Waals surface area (Å²) in [6, 6.07) is 0.329. The van der Waals surface area contributed by atoms with Crippen LogP contribution in [0.5, 0.6) is 0 Å². The van der Waals surface area contributed by atoms with E-state index in [9.17, 15) is 4.79 Å². The first kappa shape index (κ1) is 14.8. The van der Waals surface area contributed by atoms with Crippen LogP contribution in [-0.4, -0.2) is 34.0 Å². The average Bonchev–Trinajstić information content (AvgIpc) is 2.77. The van der Waals surface area contributed by atoms with E-state index in [-0.39, 0.29) is 11.7 Å². The van der Waals surface area contributed by atoms with Gasteiger partial charge < -0.3 is 4.74 Å². The van der Waals surface area contributed by atoms with E-state index in [2.05, 4.69) is 24.2 Å². The van der Waals surface area contributed by atoms with Gasteiger partial charge in [-0.05, 0) is 13.8 Å². The predicted octanol–water partition coefficient (Wildman–Crippen LogP) is 2.03. The van der Waals surface area contributed by atoms with Crippen molar-refractivity contribution in [1.82, 2.24) is 15.0 Å². The second kappa shape index (κ2) is 7.26. The van der Waals surface area contributed by atoms with Gasteiger partial charge in [0.05, 0.1) is 18.9 Å². The molecule has 0 aromatic carbocycles. The lowest BCUT2D eigenvalue weighted by Gasteiger charge is -2.04. The molecular formula is C13H23N3O2. The zero-order valence-electron chi connectivity index (χ0n) is 11.7. The molecule has 0 N–H and O–H groups in total. The van der Waals surface area contributed by atoms with Crippen LogP contribution < -0.4 is 0 Å². The standard InChI is InChI=1S/C13H23N3O2/c1-10(2)13(17)6-8-18-7-5-12-9-16(11(3)4)15-14-12/h9-11H,5-8H2,1-4H3. The van der Waals surface area contributed by atoms with E-state index in [1.165, 1.54) is 0 Å². The molecule has 5 heteroatoms. The van der Waals surface area contributed by atoms with Crippen LogP contribution >= 0.6 is 0 Å². The third-order valence-electron chi connectivity index (χ3n) is 2.73. The molecule has 0 aliphatic carbocycles. The molecule has 0 atom stereocenters. The van der Waals surface area contributed by atoms with E-state index in [0.717, 1.165) is 12.1 Å². The molecule has 0 spiro atoms. The number of ether oxygens (including phenoxy) is 1. The largest absolute Gasteiger partial charge is 0.381 e. The van der Waals surface area contributed by atoms with Crippen LogP contribution in [0.25, 0.3) is 0 Å². The summed E-state index contributed by atoms with van der Waals surface area (Å²) in [5.41, 5.74) is 0.930. The molecule has 0 saturated heterocycles. The Hall–Kier alpha value is -1.23. The molecule has 0 fully saturated rings. The second-order valence-electron chi connectivity index (χ2n) is 5.02. The Bertz CT molecular complexity index is 372. The highest BCUT2D eigenvalue weighted by Crippen LogP contribution is 2.03. The van der Waals surface area contributed by atoms with Gasteiger partial charge in [-0.2, -0.15) is 0 Å². The van der Waals surface area contributed by atoms with Crippen LogP contribution in [0.15, 0.2) is 6.20 Å². The molecule has 0 radical (unpaired) electrons. The Morgan fingerprint density at radius 1 is 1.33 bits per heavy atom. The van der Waals surface area contributed by atoms with Gasteiger partial charge in [-0.25, -0.2) is 4.68 Å². The van der Waals surface area contributed by atoms with Gasteiger partial charge in [0.1, 0.15) is 5.78 Å². The molecule has 0 aliphatic heterocycles. The van der Waals surface area contributed by atoms with Crippen LogP contribution in [0, 0.1) is 5.92 Å². The lowest BCUT2D eigenvalue weighted by Crippen LogP contribution is -2.11. The minimum atomic E-state index is 0.0968. The molecule has 1 aromatic heterocycles. The first-order valence-electron chi connectivity index (χ1n) is 6.52. The monoisotopic (exact) mass is 253 g/mol. The van der Waals surface area contributed by atoms with E-state index in [1.54, 1.807) is 0 Å². The quantitative estimate of drug-likeness (QED) is 0.665. The molecule has 5 nitrogen and oxygen atoms in total. The average molecular weight is 253 g/mol. The molecule has 0 unspecified atom stereocenters. The maximum absolute atomic E-state index is 11.3. The van der Waals surface area contributed by atoms with Gasteiger partial charge in [0, 0.05) is 31.0 Å². The minimum Gasteiger partial charge on any atom is -0.381 e. The fraction of sp³-hybridized carbons (Fsp3) is 0.769. The van der Waals surface area contributed by atoms with E-state index in [1.807, 2.05) is 24.7 Å². The van der Waals surface area contributed by atoms with Crippen molar-refractivity contribution < 1.29 is 9.53 Å². The van der Waals surface area contributed by atoms with E-state index < -0.39 is 0 Å². The third-order valence-corrected chi connectivity index (χ3v) is 2.73. The van der Waals surface area contributed by atoms with E-state index >= 15 is 0 Å². The maximum atomic E-state index is 11.3. The molecule has 0 saturated carbocycles. The summed E-state index contributed by atoms with van der Waals surface area (Å²) in [5, 5.41) is 8.09. The number of Topliss-reactive ketones (excluding diaryl/α,β-unsaturated/α-hetero) is 1. The van der Waals surface area contributed by atoms with Crippen molar-refractivity contribution in [2.24, 2.45) is 5.92 Å². The van der Waals surface area contributed by atoms with Crippen LogP contribution in [0.1, 0.15) is 45.9 Å². The zero-order valence-corrected chi connectivity index (χ0v) is 11.7. The van der Waals surface area contributed by atoms with Crippen molar-refractivity contribution >= 4 is 5.78 Å². The van der Waals surface area contributed by atoms with E-state index in [4.69, 9.17) is 4.74 Å². The van der Waals surface area contributed by atoms with Crippen LogP contribution in [-0.2, 0) is 16.0 Å². The normalized spacial score (nSPS) is 11.4. The molecule has 102 valence electrons. The summed E-state index contributed by atoms with van der Waals surface area (Å²) in [5.74, 6) is 0.347. The Labute approximate surface area is 109 Å². The van der Waals surface area contributed by atoms with Crippen molar-refractivity contribution in [2.45, 2.75) is 46.6 Å². The van der Waals surface area contributed by atoms with Crippen molar-refractivity contribution in [2.75, 3.05) is 13.2 Å². The third kappa shape index (κ3) is 4.96. The Kier molecular flexibility index (Phi) is 5.98. The van der Waals surface area contributed by atoms with Gasteiger partial charge >= 0.3 is 0 Å². The van der Waals surface area contributed by atoms with Gasteiger partial charge in [-0.3, -0.25) is 4.79 Å². The number of carbonyl (C=O) groups is 1. The summed E-state index contributed by atoms with van der Waals surface area (Å²) in [7, 11) is 0. The number of carbonyl (C=O) groups excluding carboxylic acids is 1. The smallest absolute Gasteiger partial charge is 0.137 e. The fourth-order valence-electron chi connectivity index (χ4n) is 1.42. The second-order valence-corrected chi connectivity index (χ2v) is 5.02. The van der Waals surface area contributed by atoms with Crippen molar-refractivity contribution in [1.29, 1.82) is 0 Å². The van der Waals surface area contributed by atoms with Crippen LogP contribution in [0.3, 0.4) is 0 Å². The molecule has 0 amide bonds. The van der Waals surface area contributed by atoms with E-state index in [0.29, 0.717) is 25.7 Å². The summed E-state index contributed by atoms with van der Waals surface area (Å²) in [6.45, 7) is 9.02. The van der Waals surface area contributed by atoms with Gasteiger partial charge in [0.25, 0.3) is 0 Å². The summed E-state index contributed by atoms with van der Waals surface area (Å²) in [4.78, 5) is 11.3. The van der Waals surface area contributed by atoms with Gasteiger partial charge in [-0.1, -0.05) is 19.1 Å². The lowest BCUT2D eigenvalue weighted by atomic mass is 10.1. The van der Waals surface area contributed by atoms with Gasteiger partial charge in [0.2, 0.25) is 0 Å².